The van der Waals surface area contributed by atoms with Gasteiger partial charge in [0.25, 0.3) is 0 Å². The molecule has 1 heterocycles. The van der Waals surface area contributed by atoms with Crippen LogP contribution in [-0.2, 0) is 14.9 Å². The fourth-order valence-corrected chi connectivity index (χ4v) is 1.98. The summed E-state index contributed by atoms with van der Waals surface area (Å²) in [6.45, 7) is 1.90. The van der Waals surface area contributed by atoms with Gasteiger partial charge < -0.3 is 9.47 Å². The molecule has 0 bridgehead atoms. The summed E-state index contributed by atoms with van der Waals surface area (Å²) < 4.78 is 11.9. The van der Waals surface area contributed by atoms with Crippen molar-refractivity contribution in [3.05, 3.63) is 34.3 Å². The monoisotopic (exact) mass is 281 g/mol. The normalized spacial score (nSPS) is 19.8. The molecule has 0 radical (unpaired) electrons. The summed E-state index contributed by atoms with van der Waals surface area (Å²) in [5.41, 5.74) is 0.275. The van der Waals surface area contributed by atoms with Gasteiger partial charge in [-0.15, -0.1) is 0 Å². The van der Waals surface area contributed by atoms with Gasteiger partial charge in [-0.3, -0.25) is 0 Å². The van der Waals surface area contributed by atoms with Gasteiger partial charge in [0.2, 0.25) is 0 Å². The second-order valence-electron chi connectivity index (χ2n) is 3.81. The van der Waals surface area contributed by atoms with Crippen molar-refractivity contribution in [2.45, 2.75) is 5.41 Å². The largest absolute Gasteiger partial charge is 0.377 e. The first kappa shape index (κ1) is 11.6. The molecule has 2 rings (SSSR count). The smallest absolute Gasteiger partial charge is 0.129 e. The highest BCUT2D eigenvalue weighted by molar-refractivity contribution is 9.10. The molecule has 1 fully saturated rings. The second-order valence-corrected chi connectivity index (χ2v) is 4.72. The molecule has 1 saturated heterocycles. The molecule has 0 N–H and O–H groups in total. The first-order valence-electron chi connectivity index (χ1n) is 5.10. The van der Waals surface area contributed by atoms with Crippen molar-refractivity contribution in [3.8, 4) is 6.07 Å². The maximum absolute atomic E-state index is 9.37. The maximum atomic E-state index is 9.37. The van der Waals surface area contributed by atoms with E-state index in [1.807, 2.05) is 24.3 Å². The predicted octanol–water partition coefficient (Wildman–Crippen LogP) is 2.26. The lowest BCUT2D eigenvalue weighted by Gasteiger charge is -2.23. The fraction of sp³-hybridized carbons (Fsp3) is 0.417. The molecule has 3 nitrogen and oxygen atoms in total. The lowest BCUT2D eigenvalue weighted by atomic mass is 9.83. The van der Waals surface area contributed by atoms with Crippen molar-refractivity contribution < 1.29 is 9.47 Å². The topological polar surface area (TPSA) is 42.2 Å². The third kappa shape index (κ3) is 2.27. The average molecular weight is 282 g/mol. The highest BCUT2D eigenvalue weighted by atomic mass is 79.9. The number of nitrogens with zero attached hydrogens (tertiary/aromatic N) is 1. The van der Waals surface area contributed by atoms with Gasteiger partial charge in [0.15, 0.2) is 0 Å². The highest BCUT2D eigenvalue weighted by Crippen LogP contribution is 2.27. The van der Waals surface area contributed by atoms with E-state index in [4.69, 9.17) is 9.47 Å². The van der Waals surface area contributed by atoms with Crippen LogP contribution in [0.15, 0.2) is 28.7 Å². The van der Waals surface area contributed by atoms with Crippen molar-refractivity contribution in [1.82, 2.24) is 0 Å². The summed E-state index contributed by atoms with van der Waals surface area (Å²) in [7, 11) is 0. The van der Waals surface area contributed by atoms with Crippen LogP contribution in [0.3, 0.4) is 0 Å². The van der Waals surface area contributed by atoms with E-state index in [9.17, 15) is 5.26 Å². The van der Waals surface area contributed by atoms with E-state index < -0.39 is 5.41 Å². The van der Waals surface area contributed by atoms with Crippen LogP contribution in [0.5, 0.6) is 0 Å². The van der Waals surface area contributed by atoms with Crippen molar-refractivity contribution in [2.24, 2.45) is 0 Å². The van der Waals surface area contributed by atoms with Crippen LogP contribution in [-0.4, -0.2) is 26.4 Å². The quantitative estimate of drug-likeness (QED) is 0.793. The van der Waals surface area contributed by atoms with Gasteiger partial charge >= 0.3 is 0 Å². The zero-order chi connectivity index (χ0) is 11.4. The van der Waals surface area contributed by atoms with Crippen molar-refractivity contribution >= 4 is 15.9 Å². The lowest BCUT2D eigenvalue weighted by Crippen LogP contribution is -2.33. The number of nitriles is 1. The van der Waals surface area contributed by atoms with Crippen LogP contribution in [0.4, 0.5) is 0 Å². The molecular weight excluding hydrogens is 270 g/mol. The standard InChI is InChI=1S/C12H12BrNO2/c13-11-3-1-10(2-4-11)12(7-14)8-15-5-6-16-9-12/h1-4H,5-6,8-9H2. The van der Waals surface area contributed by atoms with Crippen molar-refractivity contribution in [1.29, 1.82) is 5.26 Å². The highest BCUT2D eigenvalue weighted by Gasteiger charge is 2.34. The van der Waals surface area contributed by atoms with E-state index in [0.717, 1.165) is 10.0 Å². The van der Waals surface area contributed by atoms with Gasteiger partial charge in [0, 0.05) is 4.47 Å². The Balaban J connectivity index is 2.33. The maximum Gasteiger partial charge on any atom is 0.129 e. The summed E-state index contributed by atoms with van der Waals surface area (Å²) >= 11 is 3.38. The summed E-state index contributed by atoms with van der Waals surface area (Å²) in [5, 5.41) is 9.37. The number of benzene rings is 1. The third-order valence-electron chi connectivity index (χ3n) is 2.68. The Hall–Kier alpha value is -0.890. The summed E-state index contributed by atoms with van der Waals surface area (Å²) in [5.74, 6) is 0. The Morgan fingerprint density at radius 1 is 1.12 bits per heavy atom. The molecule has 1 aromatic carbocycles. The summed E-state index contributed by atoms with van der Waals surface area (Å²) in [6.07, 6.45) is 0. The van der Waals surface area contributed by atoms with Gasteiger partial charge in [-0.1, -0.05) is 28.1 Å². The molecule has 0 aromatic heterocycles. The Kier molecular flexibility index (Phi) is 3.59. The Labute approximate surface area is 103 Å². The molecule has 0 saturated carbocycles. The number of hydrogen-bond donors (Lipinski definition) is 0. The van der Waals surface area contributed by atoms with E-state index in [1.165, 1.54) is 0 Å². The van der Waals surface area contributed by atoms with Gasteiger partial charge in [0.05, 0.1) is 32.5 Å². The summed E-state index contributed by atoms with van der Waals surface area (Å²) in [6, 6.07) is 10.1. The van der Waals surface area contributed by atoms with E-state index in [-0.39, 0.29) is 0 Å². The molecule has 0 amide bonds. The first-order chi connectivity index (χ1) is 7.77. The zero-order valence-electron chi connectivity index (χ0n) is 8.78. The molecule has 0 spiro atoms. The number of ether oxygens (including phenoxy) is 2. The molecule has 1 aromatic rings. The minimum atomic E-state index is -0.669. The Bertz CT molecular complexity index is 388. The van der Waals surface area contributed by atoms with E-state index in [0.29, 0.717) is 26.4 Å². The van der Waals surface area contributed by atoms with E-state index in [1.54, 1.807) is 0 Å². The van der Waals surface area contributed by atoms with Gasteiger partial charge in [0.1, 0.15) is 5.41 Å². The molecule has 0 unspecified atom stereocenters. The SMILES string of the molecule is N#CC1(c2ccc(Br)cc2)COCCOC1. The molecule has 1 aliphatic rings. The molecule has 0 atom stereocenters. The minimum Gasteiger partial charge on any atom is -0.377 e. The van der Waals surface area contributed by atoms with Gasteiger partial charge in [-0.25, -0.2) is 0 Å². The van der Waals surface area contributed by atoms with Crippen LogP contribution in [0.1, 0.15) is 5.56 Å². The van der Waals surface area contributed by atoms with Crippen molar-refractivity contribution in [3.63, 3.8) is 0 Å². The molecule has 0 aliphatic carbocycles. The van der Waals surface area contributed by atoms with Gasteiger partial charge in [-0.2, -0.15) is 5.26 Å². The number of halogens is 1. The fourth-order valence-electron chi connectivity index (χ4n) is 1.72. The molecule has 16 heavy (non-hydrogen) atoms. The van der Waals surface area contributed by atoms with Crippen LogP contribution < -0.4 is 0 Å². The average Bonchev–Trinajstić information content (AvgIpc) is 2.56. The van der Waals surface area contributed by atoms with Crippen molar-refractivity contribution in [2.75, 3.05) is 26.4 Å². The predicted molar refractivity (Wildman–Crippen MR) is 63.1 cm³/mol. The zero-order valence-corrected chi connectivity index (χ0v) is 10.4. The molecule has 1 aliphatic heterocycles. The van der Waals surface area contributed by atoms with E-state index in [2.05, 4.69) is 22.0 Å². The molecule has 4 heteroatoms. The van der Waals surface area contributed by atoms with Crippen LogP contribution in [0.2, 0.25) is 0 Å². The second kappa shape index (κ2) is 4.96. The molecular formula is C12H12BrNO2. The summed E-state index contributed by atoms with van der Waals surface area (Å²) in [4.78, 5) is 0. The minimum absolute atomic E-state index is 0.394. The molecule has 84 valence electrons. The number of rotatable bonds is 1. The number of hydrogen-bond acceptors (Lipinski definition) is 3. The van der Waals surface area contributed by atoms with Crippen LogP contribution in [0.25, 0.3) is 0 Å². The van der Waals surface area contributed by atoms with Gasteiger partial charge in [-0.05, 0) is 17.7 Å². The Morgan fingerprint density at radius 3 is 2.19 bits per heavy atom. The first-order valence-corrected chi connectivity index (χ1v) is 5.89. The lowest BCUT2D eigenvalue weighted by molar-refractivity contribution is 0.103. The third-order valence-corrected chi connectivity index (χ3v) is 3.21. The van der Waals surface area contributed by atoms with Crippen LogP contribution in [0, 0.1) is 11.3 Å². The Morgan fingerprint density at radius 2 is 1.69 bits per heavy atom. The van der Waals surface area contributed by atoms with E-state index >= 15 is 0 Å². The van der Waals surface area contributed by atoms with Crippen LogP contribution >= 0.6 is 15.9 Å².